The van der Waals surface area contributed by atoms with Crippen molar-refractivity contribution < 1.29 is 9.90 Å². The molecule has 0 spiro atoms. The van der Waals surface area contributed by atoms with Gasteiger partial charge in [0.25, 0.3) is 0 Å². The largest absolute Gasteiger partial charge is 0.481 e. The first kappa shape index (κ1) is 18.7. The third-order valence-corrected chi connectivity index (χ3v) is 5.00. The molecule has 0 aromatic heterocycles. The number of carboxylic acids is 1. The highest BCUT2D eigenvalue weighted by molar-refractivity contribution is 6.03. The second kappa shape index (κ2) is 8.61. The zero-order valence-electron chi connectivity index (χ0n) is 16.0. The lowest BCUT2D eigenvalue weighted by molar-refractivity contribution is -0.136. The number of nitrogens with one attached hydrogen (secondary N) is 1. The molecule has 1 aliphatic heterocycles. The van der Waals surface area contributed by atoms with Gasteiger partial charge in [-0.1, -0.05) is 60.7 Å². The fourth-order valence-corrected chi connectivity index (χ4v) is 3.53. The van der Waals surface area contributed by atoms with Crippen molar-refractivity contribution in [2.45, 2.75) is 18.9 Å². The fourth-order valence-electron chi connectivity index (χ4n) is 3.53. The summed E-state index contributed by atoms with van der Waals surface area (Å²) in [6.45, 7) is 0.410. The molecule has 0 fully saturated rings. The Morgan fingerprint density at radius 1 is 0.966 bits per heavy atom. The molecule has 4 rings (SSSR count). The van der Waals surface area contributed by atoms with Crippen molar-refractivity contribution in [2.75, 3.05) is 16.9 Å². The summed E-state index contributed by atoms with van der Waals surface area (Å²) >= 11 is 0. The van der Waals surface area contributed by atoms with Crippen LogP contribution < -0.4 is 10.3 Å². The molecule has 0 amide bonds. The van der Waals surface area contributed by atoms with E-state index in [2.05, 4.69) is 46.7 Å². The normalized spacial score (nSPS) is 15.8. The minimum Gasteiger partial charge on any atom is -0.481 e. The number of para-hydroxylation sites is 1. The summed E-state index contributed by atoms with van der Waals surface area (Å²) in [6, 6.07) is 28.9. The van der Waals surface area contributed by atoms with Crippen LogP contribution in [0.1, 0.15) is 30.0 Å². The highest BCUT2D eigenvalue weighted by atomic mass is 16.4. The van der Waals surface area contributed by atoms with Crippen molar-refractivity contribution in [1.29, 1.82) is 0 Å². The standard InChI is InChI=1S/C24H23N3O2/c28-24(29)15-16-25-20-13-11-18(12-14-20)22-17-23(19-7-3-1-4-8-19)27(26-22)21-9-5-2-6-10-21/h1-14,23,25H,15-17H2,(H,28,29). The summed E-state index contributed by atoms with van der Waals surface area (Å²) in [7, 11) is 0. The second-order valence-electron chi connectivity index (χ2n) is 7.01. The van der Waals surface area contributed by atoms with Crippen LogP contribution in [0.15, 0.2) is 90.0 Å². The van der Waals surface area contributed by atoms with Gasteiger partial charge < -0.3 is 10.4 Å². The van der Waals surface area contributed by atoms with E-state index in [0.717, 1.165) is 29.1 Å². The monoisotopic (exact) mass is 385 g/mol. The Bertz CT molecular complexity index is 986. The topological polar surface area (TPSA) is 64.9 Å². The summed E-state index contributed by atoms with van der Waals surface area (Å²) in [5.41, 5.74) is 5.34. The number of anilines is 2. The molecule has 1 heterocycles. The molecule has 1 aliphatic rings. The lowest BCUT2D eigenvalue weighted by atomic mass is 9.98. The minimum absolute atomic E-state index is 0.0965. The zero-order valence-corrected chi connectivity index (χ0v) is 16.0. The highest BCUT2D eigenvalue weighted by Crippen LogP contribution is 2.36. The van der Waals surface area contributed by atoms with Gasteiger partial charge in [-0.2, -0.15) is 5.10 Å². The molecule has 5 nitrogen and oxygen atoms in total. The Hall–Kier alpha value is -3.60. The van der Waals surface area contributed by atoms with Crippen molar-refractivity contribution in [1.82, 2.24) is 0 Å². The molecule has 0 aliphatic carbocycles. The third kappa shape index (κ3) is 4.46. The van der Waals surface area contributed by atoms with Crippen molar-refractivity contribution in [3.8, 4) is 0 Å². The molecule has 0 saturated heterocycles. The van der Waals surface area contributed by atoms with E-state index in [1.807, 2.05) is 48.5 Å². The molecule has 3 aromatic carbocycles. The molecule has 5 heteroatoms. The smallest absolute Gasteiger partial charge is 0.305 e. The molecule has 3 aromatic rings. The SMILES string of the molecule is O=C(O)CCNc1ccc(C2=NN(c3ccccc3)C(c3ccccc3)C2)cc1. The molecule has 146 valence electrons. The van der Waals surface area contributed by atoms with Crippen LogP contribution in [-0.2, 0) is 4.79 Å². The molecule has 0 bridgehead atoms. The summed E-state index contributed by atoms with van der Waals surface area (Å²) in [5.74, 6) is -0.803. The summed E-state index contributed by atoms with van der Waals surface area (Å²) < 4.78 is 0. The van der Waals surface area contributed by atoms with Crippen LogP contribution >= 0.6 is 0 Å². The molecule has 0 saturated carbocycles. The average Bonchev–Trinajstić information content (AvgIpc) is 3.21. The number of hydrogen-bond donors (Lipinski definition) is 2. The average molecular weight is 385 g/mol. The molecule has 0 radical (unpaired) electrons. The number of carbonyl (C=O) groups is 1. The van der Waals surface area contributed by atoms with Crippen LogP contribution in [0, 0.1) is 0 Å². The Kier molecular flexibility index (Phi) is 5.56. The van der Waals surface area contributed by atoms with E-state index < -0.39 is 5.97 Å². The summed E-state index contributed by atoms with van der Waals surface area (Å²) in [4.78, 5) is 10.7. The Morgan fingerprint density at radius 3 is 2.28 bits per heavy atom. The number of rotatable bonds is 7. The number of carboxylic acid groups (broad SMARTS) is 1. The maximum absolute atomic E-state index is 10.7. The molecule has 1 atom stereocenters. The van der Waals surface area contributed by atoms with Gasteiger partial charge in [0, 0.05) is 18.7 Å². The van der Waals surface area contributed by atoms with Crippen LogP contribution in [0.5, 0.6) is 0 Å². The van der Waals surface area contributed by atoms with Gasteiger partial charge in [0.2, 0.25) is 0 Å². The van der Waals surface area contributed by atoms with E-state index in [4.69, 9.17) is 10.2 Å². The van der Waals surface area contributed by atoms with E-state index in [1.165, 1.54) is 5.56 Å². The van der Waals surface area contributed by atoms with Gasteiger partial charge in [-0.15, -0.1) is 0 Å². The van der Waals surface area contributed by atoms with Crippen molar-refractivity contribution >= 4 is 23.1 Å². The van der Waals surface area contributed by atoms with Gasteiger partial charge in [0.05, 0.1) is 23.9 Å². The first-order chi connectivity index (χ1) is 14.2. The van der Waals surface area contributed by atoms with Gasteiger partial charge in [-0.25, -0.2) is 0 Å². The number of hydrazone groups is 1. The Labute approximate surface area is 170 Å². The van der Waals surface area contributed by atoms with E-state index in [-0.39, 0.29) is 12.5 Å². The predicted molar refractivity (Wildman–Crippen MR) is 116 cm³/mol. The molecule has 1 unspecified atom stereocenters. The first-order valence-corrected chi connectivity index (χ1v) is 9.73. The van der Waals surface area contributed by atoms with Gasteiger partial charge in [-0.3, -0.25) is 9.80 Å². The van der Waals surface area contributed by atoms with Crippen LogP contribution in [0.4, 0.5) is 11.4 Å². The number of benzene rings is 3. The lowest BCUT2D eigenvalue weighted by Gasteiger charge is -2.23. The van der Waals surface area contributed by atoms with E-state index in [1.54, 1.807) is 0 Å². The van der Waals surface area contributed by atoms with Crippen molar-refractivity contribution in [3.63, 3.8) is 0 Å². The molecular formula is C24H23N3O2. The van der Waals surface area contributed by atoms with Crippen LogP contribution in [0.25, 0.3) is 0 Å². The van der Waals surface area contributed by atoms with Crippen LogP contribution in [0.3, 0.4) is 0 Å². The van der Waals surface area contributed by atoms with E-state index in [9.17, 15) is 4.79 Å². The van der Waals surface area contributed by atoms with Gasteiger partial charge in [0.1, 0.15) is 0 Å². The summed E-state index contributed by atoms with van der Waals surface area (Å²) in [6.07, 6.45) is 0.921. The van der Waals surface area contributed by atoms with Crippen LogP contribution in [0.2, 0.25) is 0 Å². The molecule has 2 N–H and O–H groups in total. The van der Waals surface area contributed by atoms with Crippen LogP contribution in [-0.4, -0.2) is 23.3 Å². The molecule has 29 heavy (non-hydrogen) atoms. The quantitative estimate of drug-likeness (QED) is 0.605. The first-order valence-electron chi connectivity index (χ1n) is 9.73. The third-order valence-electron chi connectivity index (χ3n) is 5.00. The molecular weight excluding hydrogens is 362 g/mol. The van der Waals surface area contributed by atoms with Crippen molar-refractivity contribution in [2.24, 2.45) is 5.10 Å². The minimum atomic E-state index is -0.803. The van der Waals surface area contributed by atoms with Gasteiger partial charge in [0.15, 0.2) is 0 Å². The predicted octanol–water partition coefficient (Wildman–Crippen LogP) is 4.93. The zero-order chi connectivity index (χ0) is 20.1. The van der Waals surface area contributed by atoms with Gasteiger partial charge in [-0.05, 0) is 35.4 Å². The summed E-state index contributed by atoms with van der Waals surface area (Å²) in [5, 5.41) is 18.9. The maximum Gasteiger partial charge on any atom is 0.305 e. The Morgan fingerprint density at radius 2 is 1.62 bits per heavy atom. The number of hydrogen-bond acceptors (Lipinski definition) is 4. The van der Waals surface area contributed by atoms with E-state index >= 15 is 0 Å². The second-order valence-corrected chi connectivity index (χ2v) is 7.01. The van der Waals surface area contributed by atoms with E-state index in [0.29, 0.717) is 6.54 Å². The Balaban J connectivity index is 1.56. The van der Waals surface area contributed by atoms with Crippen molar-refractivity contribution in [3.05, 3.63) is 96.1 Å². The maximum atomic E-state index is 10.7. The van der Waals surface area contributed by atoms with Gasteiger partial charge >= 0.3 is 5.97 Å². The number of nitrogens with zero attached hydrogens (tertiary/aromatic N) is 2. The number of aliphatic carboxylic acids is 1. The highest BCUT2D eigenvalue weighted by Gasteiger charge is 2.29. The fraction of sp³-hybridized carbons (Fsp3) is 0.167. The lowest BCUT2D eigenvalue weighted by Crippen LogP contribution is -2.18.